The molecule has 0 spiro atoms. The zero-order chi connectivity index (χ0) is 15.2. The third kappa shape index (κ3) is 5.56. The van der Waals surface area contributed by atoms with Gasteiger partial charge in [-0.2, -0.15) is 0 Å². The van der Waals surface area contributed by atoms with Gasteiger partial charge in [0.1, 0.15) is 0 Å². The van der Waals surface area contributed by atoms with Crippen molar-refractivity contribution < 1.29 is 4.79 Å². The van der Waals surface area contributed by atoms with E-state index in [2.05, 4.69) is 17.1 Å². The van der Waals surface area contributed by atoms with E-state index in [0.717, 1.165) is 25.4 Å². The maximum atomic E-state index is 11.9. The number of amides is 1. The average molecular weight is 310 g/mol. The number of carbonyl (C=O) groups excluding carboxylic acids is 1. The molecule has 3 N–H and O–H groups in total. The van der Waals surface area contributed by atoms with Crippen LogP contribution in [0.25, 0.3) is 0 Å². The second-order valence-corrected chi connectivity index (χ2v) is 6.13. The van der Waals surface area contributed by atoms with Crippen LogP contribution in [0.5, 0.6) is 0 Å². The molecule has 1 aromatic carbocycles. The maximum Gasteiger partial charge on any atom is 0.224 e. The Hall–Kier alpha value is -1.26. The van der Waals surface area contributed by atoms with Crippen LogP contribution in [0.1, 0.15) is 32.6 Å². The second kappa shape index (κ2) is 7.66. The standard InChI is InChI=1S/C16H24ClN3O/c1-2-20(11-12-5-6-12)9-3-4-16(21)19-13-7-8-14(17)15(18)10-13/h7-8,10,12H,2-6,9,11,18H2,1H3,(H,19,21). The summed E-state index contributed by atoms with van der Waals surface area (Å²) in [5.74, 6) is 0.926. The first-order chi connectivity index (χ1) is 10.1. The van der Waals surface area contributed by atoms with Crippen molar-refractivity contribution in [2.45, 2.75) is 32.6 Å². The van der Waals surface area contributed by atoms with E-state index in [1.165, 1.54) is 19.4 Å². The van der Waals surface area contributed by atoms with Gasteiger partial charge in [-0.1, -0.05) is 18.5 Å². The SMILES string of the molecule is CCN(CCCC(=O)Nc1ccc(Cl)c(N)c1)CC1CC1. The first kappa shape index (κ1) is 16.1. The molecule has 1 amide bonds. The summed E-state index contributed by atoms with van der Waals surface area (Å²) in [6, 6.07) is 5.15. The zero-order valence-corrected chi connectivity index (χ0v) is 13.3. The molecule has 0 atom stereocenters. The van der Waals surface area contributed by atoms with Crippen molar-refractivity contribution in [2.24, 2.45) is 5.92 Å². The Balaban J connectivity index is 1.69. The van der Waals surface area contributed by atoms with Crippen LogP contribution in [0.3, 0.4) is 0 Å². The molecule has 0 radical (unpaired) electrons. The van der Waals surface area contributed by atoms with Gasteiger partial charge in [-0.3, -0.25) is 4.79 Å². The van der Waals surface area contributed by atoms with Gasteiger partial charge in [0, 0.05) is 18.7 Å². The highest BCUT2D eigenvalue weighted by Gasteiger charge is 2.23. The number of benzene rings is 1. The zero-order valence-electron chi connectivity index (χ0n) is 12.6. The Kier molecular flexibility index (Phi) is 5.88. The Morgan fingerprint density at radius 2 is 2.24 bits per heavy atom. The molecule has 0 heterocycles. The molecular weight excluding hydrogens is 286 g/mol. The molecule has 0 unspecified atom stereocenters. The van der Waals surface area contributed by atoms with E-state index in [4.69, 9.17) is 17.3 Å². The van der Waals surface area contributed by atoms with Crippen LogP contribution in [0.2, 0.25) is 5.02 Å². The van der Waals surface area contributed by atoms with Crippen LogP contribution in [-0.4, -0.2) is 30.4 Å². The molecule has 1 aliphatic carbocycles. The monoisotopic (exact) mass is 309 g/mol. The largest absolute Gasteiger partial charge is 0.397 e. The number of nitrogens with two attached hydrogens (primary N) is 1. The molecule has 1 aromatic rings. The minimum Gasteiger partial charge on any atom is -0.397 e. The van der Waals surface area contributed by atoms with Crippen LogP contribution in [-0.2, 0) is 4.79 Å². The highest BCUT2D eigenvalue weighted by Crippen LogP contribution is 2.29. The van der Waals surface area contributed by atoms with Gasteiger partial charge < -0.3 is 16.0 Å². The lowest BCUT2D eigenvalue weighted by Gasteiger charge is -2.19. The molecule has 0 aliphatic heterocycles. The summed E-state index contributed by atoms with van der Waals surface area (Å²) in [6.07, 6.45) is 4.16. The van der Waals surface area contributed by atoms with Crippen LogP contribution >= 0.6 is 11.6 Å². The number of hydrogen-bond acceptors (Lipinski definition) is 3. The quantitative estimate of drug-likeness (QED) is 0.724. The summed E-state index contributed by atoms with van der Waals surface area (Å²) in [6.45, 7) is 5.42. The van der Waals surface area contributed by atoms with Crippen LogP contribution in [0, 0.1) is 5.92 Å². The fourth-order valence-corrected chi connectivity index (χ4v) is 2.47. The van der Waals surface area contributed by atoms with E-state index in [0.29, 0.717) is 22.8 Å². The van der Waals surface area contributed by atoms with Crippen LogP contribution in [0.4, 0.5) is 11.4 Å². The first-order valence-electron chi connectivity index (χ1n) is 7.65. The van der Waals surface area contributed by atoms with Gasteiger partial charge in [0.25, 0.3) is 0 Å². The molecule has 116 valence electrons. The first-order valence-corrected chi connectivity index (χ1v) is 8.03. The van der Waals surface area contributed by atoms with E-state index in [1.807, 2.05) is 0 Å². The van der Waals surface area contributed by atoms with Gasteiger partial charge in [-0.25, -0.2) is 0 Å². The number of nitrogen functional groups attached to an aromatic ring is 1. The van der Waals surface area contributed by atoms with Crippen molar-refractivity contribution in [1.82, 2.24) is 4.90 Å². The van der Waals surface area contributed by atoms with Crippen molar-refractivity contribution in [1.29, 1.82) is 0 Å². The maximum absolute atomic E-state index is 11.9. The Bertz CT molecular complexity index is 488. The van der Waals surface area contributed by atoms with E-state index < -0.39 is 0 Å². The van der Waals surface area contributed by atoms with Gasteiger partial charge >= 0.3 is 0 Å². The number of hydrogen-bond donors (Lipinski definition) is 2. The lowest BCUT2D eigenvalue weighted by atomic mass is 10.2. The van der Waals surface area contributed by atoms with Crippen molar-refractivity contribution >= 4 is 28.9 Å². The molecule has 5 heteroatoms. The van der Waals surface area contributed by atoms with Crippen molar-refractivity contribution in [3.8, 4) is 0 Å². The summed E-state index contributed by atoms with van der Waals surface area (Å²) in [5, 5.41) is 3.36. The average Bonchev–Trinajstić information content (AvgIpc) is 3.26. The molecule has 4 nitrogen and oxygen atoms in total. The molecular formula is C16H24ClN3O. The summed E-state index contributed by atoms with van der Waals surface area (Å²) >= 11 is 5.85. The third-order valence-electron chi connectivity index (χ3n) is 3.82. The molecule has 0 saturated heterocycles. The minimum atomic E-state index is 0.0270. The van der Waals surface area contributed by atoms with Gasteiger partial charge in [0.15, 0.2) is 0 Å². The smallest absolute Gasteiger partial charge is 0.224 e. The number of carbonyl (C=O) groups is 1. The number of nitrogens with zero attached hydrogens (tertiary/aromatic N) is 1. The van der Waals surface area contributed by atoms with E-state index >= 15 is 0 Å². The predicted octanol–water partition coefficient (Wildman–Crippen LogP) is 3.37. The van der Waals surface area contributed by atoms with Crippen LogP contribution < -0.4 is 11.1 Å². The highest BCUT2D eigenvalue weighted by molar-refractivity contribution is 6.33. The molecule has 1 fully saturated rings. The van der Waals surface area contributed by atoms with Gasteiger partial charge in [-0.05, 0) is 56.5 Å². The highest BCUT2D eigenvalue weighted by atomic mass is 35.5. The van der Waals surface area contributed by atoms with Gasteiger partial charge in [-0.15, -0.1) is 0 Å². The normalized spacial score (nSPS) is 14.4. The molecule has 21 heavy (non-hydrogen) atoms. The fraction of sp³-hybridized carbons (Fsp3) is 0.562. The van der Waals surface area contributed by atoms with E-state index in [-0.39, 0.29) is 5.91 Å². The molecule has 2 rings (SSSR count). The lowest BCUT2D eigenvalue weighted by Crippen LogP contribution is -2.27. The van der Waals surface area contributed by atoms with Crippen molar-refractivity contribution in [3.63, 3.8) is 0 Å². The number of rotatable bonds is 8. The molecule has 1 aliphatic rings. The second-order valence-electron chi connectivity index (χ2n) is 5.72. The third-order valence-corrected chi connectivity index (χ3v) is 4.16. The Labute approximate surface area is 131 Å². The summed E-state index contributed by atoms with van der Waals surface area (Å²) in [5.41, 5.74) is 6.90. The van der Waals surface area contributed by atoms with E-state index in [9.17, 15) is 4.79 Å². The van der Waals surface area contributed by atoms with Crippen molar-refractivity contribution in [3.05, 3.63) is 23.2 Å². The summed E-state index contributed by atoms with van der Waals surface area (Å²) in [4.78, 5) is 14.3. The summed E-state index contributed by atoms with van der Waals surface area (Å²) in [7, 11) is 0. The Morgan fingerprint density at radius 1 is 1.48 bits per heavy atom. The molecule has 0 aromatic heterocycles. The van der Waals surface area contributed by atoms with Crippen molar-refractivity contribution in [2.75, 3.05) is 30.7 Å². The Morgan fingerprint density at radius 3 is 2.86 bits per heavy atom. The topological polar surface area (TPSA) is 58.4 Å². The number of anilines is 2. The van der Waals surface area contributed by atoms with Crippen LogP contribution in [0.15, 0.2) is 18.2 Å². The fourth-order valence-electron chi connectivity index (χ4n) is 2.35. The lowest BCUT2D eigenvalue weighted by molar-refractivity contribution is -0.116. The van der Waals surface area contributed by atoms with E-state index in [1.54, 1.807) is 18.2 Å². The predicted molar refractivity (Wildman–Crippen MR) is 88.6 cm³/mol. The van der Waals surface area contributed by atoms with Gasteiger partial charge in [0.05, 0.1) is 10.7 Å². The minimum absolute atomic E-state index is 0.0270. The molecule has 1 saturated carbocycles. The number of nitrogens with one attached hydrogen (secondary N) is 1. The number of halogens is 1. The molecule has 0 bridgehead atoms. The summed E-state index contributed by atoms with van der Waals surface area (Å²) < 4.78 is 0. The van der Waals surface area contributed by atoms with Gasteiger partial charge in [0.2, 0.25) is 5.91 Å².